The Morgan fingerprint density at radius 2 is 1.86 bits per heavy atom. The van der Waals surface area contributed by atoms with Crippen LogP contribution in [-0.2, 0) is 21.4 Å². The SMILES string of the molecule is C=Cc1ccc2c(c1)c(-c1ccc(C(C)(C)C)cc1)c(C(=O)OCC)n2CC(=C)C=C=C/C=C/OC. The van der Waals surface area contributed by atoms with Crippen molar-refractivity contribution in [3.63, 3.8) is 0 Å². The second-order valence-electron chi connectivity index (χ2n) is 9.54. The van der Waals surface area contributed by atoms with E-state index in [1.165, 1.54) is 5.56 Å². The highest BCUT2D eigenvalue weighted by atomic mass is 16.5. The molecule has 4 heteroatoms. The zero-order valence-electron chi connectivity index (χ0n) is 21.9. The molecule has 0 aliphatic heterocycles. The highest BCUT2D eigenvalue weighted by molar-refractivity contribution is 6.09. The van der Waals surface area contributed by atoms with Crippen LogP contribution >= 0.6 is 0 Å². The Kier molecular flexibility index (Phi) is 8.58. The fourth-order valence-electron chi connectivity index (χ4n) is 4.09. The standard InChI is InChI=1S/C32H35NO3/c1-8-24-14-19-28-27(21-24)29(25-15-17-26(18-16-25)32(4,5)6)30(31(34)36-9-2)33(28)22-23(3)13-11-10-12-20-35-7/h8,10,12-21H,1,3,9,22H2,2,4-7H3/b20-12+. The minimum atomic E-state index is -0.362. The van der Waals surface area contributed by atoms with Gasteiger partial charge in [-0.2, -0.15) is 0 Å². The van der Waals surface area contributed by atoms with Gasteiger partial charge in [-0.15, -0.1) is 5.73 Å². The zero-order chi connectivity index (χ0) is 26.3. The van der Waals surface area contributed by atoms with E-state index in [0.29, 0.717) is 12.2 Å². The lowest BCUT2D eigenvalue weighted by Crippen LogP contribution is -2.14. The van der Waals surface area contributed by atoms with Crippen LogP contribution < -0.4 is 0 Å². The maximum absolute atomic E-state index is 13.4. The Morgan fingerprint density at radius 3 is 2.47 bits per heavy atom. The van der Waals surface area contributed by atoms with Crippen molar-refractivity contribution in [2.75, 3.05) is 13.7 Å². The molecule has 0 saturated heterocycles. The number of aromatic nitrogens is 1. The van der Waals surface area contributed by atoms with Crippen molar-refractivity contribution < 1.29 is 14.3 Å². The third-order valence-electron chi connectivity index (χ3n) is 5.89. The molecule has 0 spiro atoms. The van der Waals surface area contributed by atoms with Crippen LogP contribution in [0.3, 0.4) is 0 Å². The number of hydrogen-bond acceptors (Lipinski definition) is 3. The van der Waals surface area contributed by atoms with Crippen molar-refractivity contribution in [1.29, 1.82) is 0 Å². The fraction of sp³-hybridized carbons (Fsp3) is 0.250. The highest BCUT2D eigenvalue weighted by Crippen LogP contribution is 2.38. The van der Waals surface area contributed by atoms with Gasteiger partial charge in [0, 0.05) is 23.0 Å². The van der Waals surface area contributed by atoms with Crippen molar-refractivity contribution >= 4 is 22.9 Å². The van der Waals surface area contributed by atoms with Crippen molar-refractivity contribution in [2.45, 2.75) is 39.7 Å². The van der Waals surface area contributed by atoms with Crippen molar-refractivity contribution in [2.24, 2.45) is 0 Å². The van der Waals surface area contributed by atoms with Gasteiger partial charge in [0.15, 0.2) is 0 Å². The Hall–Kier alpha value is -4.01. The molecule has 0 N–H and O–H groups in total. The Morgan fingerprint density at radius 1 is 1.14 bits per heavy atom. The molecule has 1 heterocycles. The van der Waals surface area contributed by atoms with Crippen LogP contribution in [0.4, 0.5) is 0 Å². The summed E-state index contributed by atoms with van der Waals surface area (Å²) in [6.45, 7) is 17.2. The maximum Gasteiger partial charge on any atom is 0.355 e. The second-order valence-corrected chi connectivity index (χ2v) is 9.54. The summed E-state index contributed by atoms with van der Waals surface area (Å²) in [4.78, 5) is 13.4. The van der Waals surface area contributed by atoms with Gasteiger partial charge >= 0.3 is 5.97 Å². The molecule has 0 aliphatic rings. The van der Waals surface area contributed by atoms with Gasteiger partial charge in [0.2, 0.25) is 0 Å². The lowest BCUT2D eigenvalue weighted by atomic mass is 9.86. The van der Waals surface area contributed by atoms with E-state index in [0.717, 1.165) is 33.2 Å². The van der Waals surface area contributed by atoms with Gasteiger partial charge in [-0.3, -0.25) is 0 Å². The minimum Gasteiger partial charge on any atom is -0.504 e. The van der Waals surface area contributed by atoms with Crippen LogP contribution in [0.1, 0.15) is 49.3 Å². The first-order valence-electron chi connectivity index (χ1n) is 12.1. The minimum absolute atomic E-state index is 0.0303. The summed E-state index contributed by atoms with van der Waals surface area (Å²) >= 11 is 0. The first-order valence-corrected chi connectivity index (χ1v) is 12.1. The van der Waals surface area contributed by atoms with Gasteiger partial charge in [-0.25, -0.2) is 4.79 Å². The number of carbonyl (C=O) groups excluding carboxylic acids is 1. The van der Waals surface area contributed by atoms with Gasteiger partial charge < -0.3 is 14.0 Å². The molecule has 0 fully saturated rings. The summed E-state index contributed by atoms with van der Waals surface area (Å²) in [6, 6.07) is 14.5. The number of nitrogens with zero attached hydrogens (tertiary/aromatic N) is 1. The lowest BCUT2D eigenvalue weighted by Gasteiger charge is -2.19. The number of allylic oxidation sites excluding steroid dienone is 3. The molecule has 0 unspecified atom stereocenters. The number of carbonyl (C=O) groups is 1. The number of benzene rings is 2. The number of fused-ring (bicyclic) bond motifs is 1. The topological polar surface area (TPSA) is 40.5 Å². The highest BCUT2D eigenvalue weighted by Gasteiger charge is 2.25. The van der Waals surface area contributed by atoms with E-state index >= 15 is 0 Å². The largest absolute Gasteiger partial charge is 0.504 e. The van der Waals surface area contributed by atoms with Gasteiger partial charge in [0.25, 0.3) is 0 Å². The zero-order valence-corrected chi connectivity index (χ0v) is 21.9. The van der Waals surface area contributed by atoms with Crippen LogP contribution in [0.25, 0.3) is 28.1 Å². The van der Waals surface area contributed by atoms with Gasteiger partial charge in [-0.1, -0.05) is 70.3 Å². The Labute approximate surface area is 214 Å². The number of hydrogen-bond donors (Lipinski definition) is 0. The van der Waals surface area contributed by atoms with Crippen LogP contribution in [-0.4, -0.2) is 24.3 Å². The first-order chi connectivity index (χ1) is 17.2. The van der Waals surface area contributed by atoms with E-state index in [1.807, 2.05) is 29.7 Å². The molecular weight excluding hydrogens is 446 g/mol. The monoisotopic (exact) mass is 481 g/mol. The first kappa shape index (κ1) is 26.6. The predicted octanol–water partition coefficient (Wildman–Crippen LogP) is 7.85. The summed E-state index contributed by atoms with van der Waals surface area (Å²) in [6.07, 6.45) is 8.67. The predicted molar refractivity (Wildman–Crippen MR) is 150 cm³/mol. The fourth-order valence-corrected chi connectivity index (χ4v) is 4.09. The summed E-state index contributed by atoms with van der Waals surface area (Å²) in [7, 11) is 1.59. The molecule has 3 aromatic rings. The Balaban J connectivity index is 2.25. The van der Waals surface area contributed by atoms with Crippen molar-refractivity contribution in [3.05, 3.63) is 108 Å². The summed E-state index contributed by atoms with van der Waals surface area (Å²) in [5.74, 6) is -0.362. The third kappa shape index (κ3) is 5.97. The second kappa shape index (κ2) is 11.6. The number of methoxy groups -OCH3 is 1. The van der Waals surface area contributed by atoms with E-state index in [1.54, 1.807) is 31.6 Å². The van der Waals surface area contributed by atoms with Crippen LogP contribution in [0.15, 0.2) is 91.4 Å². The number of ether oxygens (including phenoxy) is 2. The molecule has 2 aromatic carbocycles. The third-order valence-corrected chi connectivity index (χ3v) is 5.89. The summed E-state index contributed by atoms with van der Waals surface area (Å²) in [5, 5.41) is 0.967. The molecule has 0 amide bonds. The molecule has 36 heavy (non-hydrogen) atoms. The molecule has 3 rings (SSSR count). The molecule has 0 aliphatic carbocycles. The average molecular weight is 482 g/mol. The average Bonchev–Trinajstić information content (AvgIpc) is 3.16. The quantitative estimate of drug-likeness (QED) is 0.135. The molecule has 0 radical (unpaired) electrons. The normalized spacial score (nSPS) is 11.2. The van der Waals surface area contributed by atoms with Crippen LogP contribution in [0.5, 0.6) is 0 Å². The molecule has 0 saturated carbocycles. The van der Waals surface area contributed by atoms with E-state index in [9.17, 15) is 4.79 Å². The van der Waals surface area contributed by atoms with E-state index < -0.39 is 0 Å². The molecule has 0 bridgehead atoms. The molecule has 1 aromatic heterocycles. The number of esters is 1. The molecular formula is C32H35NO3. The molecule has 0 atom stereocenters. The molecule has 4 nitrogen and oxygen atoms in total. The van der Waals surface area contributed by atoms with Crippen molar-refractivity contribution in [3.8, 4) is 11.1 Å². The van der Waals surface area contributed by atoms with Crippen molar-refractivity contribution in [1.82, 2.24) is 4.57 Å². The van der Waals surface area contributed by atoms with Gasteiger partial charge in [-0.05, 0) is 65.0 Å². The summed E-state index contributed by atoms with van der Waals surface area (Å²) in [5.41, 5.74) is 9.36. The Bertz CT molecular complexity index is 1360. The van der Waals surface area contributed by atoms with Gasteiger partial charge in [0.1, 0.15) is 5.69 Å². The maximum atomic E-state index is 13.4. The van der Waals surface area contributed by atoms with E-state index in [2.05, 4.69) is 70.0 Å². The van der Waals surface area contributed by atoms with E-state index in [-0.39, 0.29) is 18.0 Å². The van der Waals surface area contributed by atoms with Crippen LogP contribution in [0.2, 0.25) is 0 Å². The van der Waals surface area contributed by atoms with E-state index in [4.69, 9.17) is 9.47 Å². The lowest BCUT2D eigenvalue weighted by molar-refractivity contribution is 0.0516. The van der Waals surface area contributed by atoms with Crippen LogP contribution in [0, 0.1) is 0 Å². The smallest absolute Gasteiger partial charge is 0.355 e. The number of rotatable bonds is 9. The molecule has 186 valence electrons. The van der Waals surface area contributed by atoms with Gasteiger partial charge in [0.05, 0.1) is 20.0 Å². The summed E-state index contributed by atoms with van der Waals surface area (Å²) < 4.78 is 12.4.